The minimum atomic E-state index is -2.04. The van der Waals surface area contributed by atoms with Crippen LogP contribution in [0.2, 0.25) is 0 Å². The van der Waals surface area contributed by atoms with E-state index in [0.29, 0.717) is 5.56 Å². The Hall–Kier alpha value is -1.20. The molecule has 1 amide bonds. The van der Waals surface area contributed by atoms with E-state index in [4.69, 9.17) is 4.55 Å². The summed E-state index contributed by atoms with van der Waals surface area (Å²) in [5, 5.41) is 0. The third-order valence-corrected chi connectivity index (χ3v) is 2.35. The molecule has 0 fully saturated rings. The predicted octanol–water partition coefficient (Wildman–Crippen LogP) is 0.969. The highest BCUT2D eigenvalue weighted by molar-refractivity contribution is 7.79. The van der Waals surface area contributed by atoms with Crippen LogP contribution in [0.15, 0.2) is 29.2 Å². The van der Waals surface area contributed by atoms with Gasteiger partial charge in [0.1, 0.15) is 0 Å². The molecule has 1 aromatic rings. The number of benzene rings is 1. The van der Waals surface area contributed by atoms with Gasteiger partial charge in [0.2, 0.25) is 0 Å². The van der Waals surface area contributed by atoms with Crippen molar-refractivity contribution in [1.82, 2.24) is 4.90 Å². The highest BCUT2D eigenvalue weighted by atomic mass is 32.2. The molecule has 1 unspecified atom stereocenters. The van der Waals surface area contributed by atoms with E-state index >= 15 is 0 Å². The van der Waals surface area contributed by atoms with Gasteiger partial charge < -0.3 is 9.45 Å². The Kier molecular flexibility index (Phi) is 3.38. The van der Waals surface area contributed by atoms with Crippen LogP contribution in [0.5, 0.6) is 0 Å². The van der Waals surface area contributed by atoms with Crippen molar-refractivity contribution >= 4 is 17.0 Å². The zero-order valence-corrected chi connectivity index (χ0v) is 8.75. The highest BCUT2D eigenvalue weighted by Crippen LogP contribution is 2.09. The normalized spacial score (nSPS) is 12.2. The summed E-state index contributed by atoms with van der Waals surface area (Å²) in [5.41, 5.74) is 0.412. The molecule has 1 rings (SSSR count). The van der Waals surface area contributed by atoms with E-state index in [2.05, 4.69) is 0 Å². The lowest BCUT2D eigenvalue weighted by Crippen LogP contribution is -2.21. The fourth-order valence-corrected chi connectivity index (χ4v) is 1.42. The molecule has 14 heavy (non-hydrogen) atoms. The largest absolute Gasteiger partial charge is 0.345 e. The summed E-state index contributed by atoms with van der Waals surface area (Å²) in [6.07, 6.45) is 0. The van der Waals surface area contributed by atoms with Crippen LogP contribution in [0.25, 0.3) is 0 Å². The number of hydrogen-bond donors (Lipinski definition) is 1. The van der Waals surface area contributed by atoms with E-state index in [1.54, 1.807) is 26.2 Å². The van der Waals surface area contributed by atoms with Gasteiger partial charge in [-0.15, -0.1) is 0 Å². The SMILES string of the molecule is CN(C)C(=O)c1cccc(S(=O)O)c1. The quantitative estimate of drug-likeness (QED) is 0.745. The van der Waals surface area contributed by atoms with Gasteiger partial charge in [-0.1, -0.05) is 6.07 Å². The van der Waals surface area contributed by atoms with Crippen LogP contribution in [-0.4, -0.2) is 33.7 Å². The smallest absolute Gasteiger partial charge is 0.253 e. The topological polar surface area (TPSA) is 57.6 Å². The Morgan fingerprint density at radius 2 is 2.07 bits per heavy atom. The molecule has 0 spiro atoms. The molecule has 0 aliphatic heterocycles. The molecule has 0 aliphatic carbocycles. The summed E-state index contributed by atoms with van der Waals surface area (Å²) in [6, 6.07) is 6.11. The third kappa shape index (κ3) is 2.40. The molecular weight excluding hydrogens is 202 g/mol. The zero-order chi connectivity index (χ0) is 10.7. The Bertz CT molecular complexity index is 376. The molecule has 76 valence electrons. The van der Waals surface area contributed by atoms with Crippen LogP contribution in [-0.2, 0) is 11.1 Å². The Morgan fingerprint density at radius 1 is 1.43 bits per heavy atom. The standard InChI is InChI=1S/C9H11NO3S/c1-10(2)9(11)7-4-3-5-8(6-7)14(12)13/h3-6H,1-2H3,(H,12,13). The van der Waals surface area contributed by atoms with Crippen molar-refractivity contribution in [3.05, 3.63) is 29.8 Å². The van der Waals surface area contributed by atoms with Gasteiger partial charge in [-0.3, -0.25) is 4.79 Å². The second kappa shape index (κ2) is 4.34. The van der Waals surface area contributed by atoms with Gasteiger partial charge in [0.15, 0.2) is 11.1 Å². The lowest BCUT2D eigenvalue weighted by molar-refractivity contribution is 0.0827. The van der Waals surface area contributed by atoms with E-state index in [0.717, 1.165) is 0 Å². The molecule has 1 aromatic carbocycles. The minimum Gasteiger partial charge on any atom is -0.345 e. The van der Waals surface area contributed by atoms with Crippen molar-refractivity contribution < 1.29 is 13.6 Å². The highest BCUT2D eigenvalue weighted by Gasteiger charge is 2.09. The second-order valence-electron chi connectivity index (χ2n) is 2.98. The van der Waals surface area contributed by atoms with E-state index in [-0.39, 0.29) is 10.8 Å². The first kappa shape index (κ1) is 10.9. The van der Waals surface area contributed by atoms with Gasteiger partial charge in [0.25, 0.3) is 5.91 Å². The van der Waals surface area contributed by atoms with Crippen molar-refractivity contribution in [3.63, 3.8) is 0 Å². The second-order valence-corrected chi connectivity index (χ2v) is 3.95. The van der Waals surface area contributed by atoms with Crippen molar-refractivity contribution in [2.24, 2.45) is 0 Å². The average molecular weight is 213 g/mol. The maximum Gasteiger partial charge on any atom is 0.253 e. The molecule has 0 heterocycles. The summed E-state index contributed by atoms with van der Waals surface area (Å²) in [5.74, 6) is -0.183. The molecule has 0 radical (unpaired) electrons. The number of carbonyl (C=O) groups excluding carboxylic acids is 1. The minimum absolute atomic E-state index is 0.183. The van der Waals surface area contributed by atoms with Crippen LogP contribution in [0.3, 0.4) is 0 Å². The van der Waals surface area contributed by atoms with E-state index < -0.39 is 11.1 Å². The molecule has 4 nitrogen and oxygen atoms in total. The lowest BCUT2D eigenvalue weighted by atomic mass is 10.2. The first-order chi connectivity index (χ1) is 6.52. The summed E-state index contributed by atoms with van der Waals surface area (Å²) in [7, 11) is 3.26. The Labute approximate surface area is 84.8 Å². The maximum absolute atomic E-state index is 11.5. The average Bonchev–Trinajstić information content (AvgIpc) is 2.16. The zero-order valence-electron chi connectivity index (χ0n) is 7.93. The van der Waals surface area contributed by atoms with Gasteiger partial charge in [-0.25, -0.2) is 4.21 Å². The van der Waals surface area contributed by atoms with E-state index in [9.17, 15) is 9.00 Å². The van der Waals surface area contributed by atoms with E-state index in [1.165, 1.54) is 17.0 Å². The molecular formula is C9H11NO3S. The van der Waals surface area contributed by atoms with E-state index in [1.807, 2.05) is 0 Å². The number of hydrogen-bond acceptors (Lipinski definition) is 2. The first-order valence-corrected chi connectivity index (χ1v) is 5.05. The van der Waals surface area contributed by atoms with Gasteiger partial charge in [0, 0.05) is 19.7 Å². The first-order valence-electron chi connectivity index (χ1n) is 3.95. The summed E-state index contributed by atoms with van der Waals surface area (Å²) in [4.78, 5) is 13.1. The maximum atomic E-state index is 11.5. The summed E-state index contributed by atoms with van der Waals surface area (Å²) < 4.78 is 19.5. The van der Waals surface area contributed by atoms with Gasteiger partial charge in [0.05, 0.1) is 4.90 Å². The van der Waals surface area contributed by atoms with Gasteiger partial charge in [-0.2, -0.15) is 0 Å². The molecule has 1 atom stereocenters. The van der Waals surface area contributed by atoms with Crippen LogP contribution >= 0.6 is 0 Å². The fourth-order valence-electron chi connectivity index (χ4n) is 0.996. The lowest BCUT2D eigenvalue weighted by Gasteiger charge is -2.10. The third-order valence-electron chi connectivity index (χ3n) is 1.69. The summed E-state index contributed by atoms with van der Waals surface area (Å²) in [6.45, 7) is 0. The van der Waals surface area contributed by atoms with Crippen LogP contribution < -0.4 is 0 Å². The Balaban J connectivity index is 3.06. The Morgan fingerprint density at radius 3 is 2.57 bits per heavy atom. The predicted molar refractivity (Wildman–Crippen MR) is 53.5 cm³/mol. The van der Waals surface area contributed by atoms with Crippen molar-refractivity contribution in [2.45, 2.75) is 4.90 Å². The van der Waals surface area contributed by atoms with Gasteiger partial charge in [-0.05, 0) is 18.2 Å². The number of carbonyl (C=O) groups is 1. The molecule has 0 saturated carbocycles. The molecule has 0 aliphatic rings. The number of rotatable bonds is 2. The molecule has 0 saturated heterocycles. The van der Waals surface area contributed by atoms with Crippen LogP contribution in [0, 0.1) is 0 Å². The molecule has 0 aromatic heterocycles. The number of amides is 1. The molecule has 0 bridgehead atoms. The fraction of sp³-hybridized carbons (Fsp3) is 0.222. The van der Waals surface area contributed by atoms with Crippen LogP contribution in [0.4, 0.5) is 0 Å². The van der Waals surface area contributed by atoms with Gasteiger partial charge >= 0.3 is 0 Å². The van der Waals surface area contributed by atoms with Crippen molar-refractivity contribution in [3.8, 4) is 0 Å². The summed E-state index contributed by atoms with van der Waals surface area (Å²) >= 11 is -2.04. The number of nitrogens with zero attached hydrogens (tertiary/aromatic N) is 1. The monoisotopic (exact) mass is 213 g/mol. The van der Waals surface area contributed by atoms with Crippen molar-refractivity contribution in [2.75, 3.05) is 14.1 Å². The molecule has 5 heteroatoms. The van der Waals surface area contributed by atoms with Crippen molar-refractivity contribution in [1.29, 1.82) is 0 Å². The molecule has 1 N–H and O–H groups in total. The van der Waals surface area contributed by atoms with Crippen LogP contribution in [0.1, 0.15) is 10.4 Å².